The highest BCUT2D eigenvalue weighted by Gasteiger charge is 2.14. The standard InChI is InChI=1S/C25H29N3O3/c1-15(2)12-19-6-8-20(9-7-19)18(5)28-24(29)14-31-25(30)21-10-11-22-23(13-21)27-17(4)16(3)26-22/h6-11,13,15,18H,12,14H2,1-5H3,(H,28,29)/t18-/m0/s1. The lowest BCUT2D eigenvalue weighted by molar-refractivity contribution is -0.124. The van der Waals surface area contributed by atoms with E-state index in [2.05, 4.69) is 41.3 Å². The highest BCUT2D eigenvalue weighted by molar-refractivity contribution is 5.94. The van der Waals surface area contributed by atoms with Crippen molar-refractivity contribution in [1.82, 2.24) is 15.3 Å². The topological polar surface area (TPSA) is 81.2 Å². The van der Waals surface area contributed by atoms with Crippen molar-refractivity contribution in [3.05, 3.63) is 70.5 Å². The van der Waals surface area contributed by atoms with Crippen LogP contribution in [-0.2, 0) is 16.0 Å². The van der Waals surface area contributed by atoms with Gasteiger partial charge in [-0.1, -0.05) is 38.1 Å². The summed E-state index contributed by atoms with van der Waals surface area (Å²) in [6, 6.07) is 13.0. The van der Waals surface area contributed by atoms with Gasteiger partial charge in [0.2, 0.25) is 0 Å². The first-order valence-corrected chi connectivity index (χ1v) is 10.5. The van der Waals surface area contributed by atoms with Crippen molar-refractivity contribution in [2.45, 2.75) is 47.1 Å². The fourth-order valence-electron chi connectivity index (χ4n) is 3.35. The predicted molar refractivity (Wildman–Crippen MR) is 121 cm³/mol. The second kappa shape index (κ2) is 9.69. The molecule has 0 fully saturated rings. The summed E-state index contributed by atoms with van der Waals surface area (Å²) in [4.78, 5) is 33.5. The third-order valence-corrected chi connectivity index (χ3v) is 5.15. The quantitative estimate of drug-likeness (QED) is 0.571. The minimum Gasteiger partial charge on any atom is -0.452 e. The molecule has 2 aromatic carbocycles. The maximum Gasteiger partial charge on any atom is 0.338 e. The van der Waals surface area contributed by atoms with E-state index in [-0.39, 0.29) is 18.6 Å². The van der Waals surface area contributed by atoms with Crippen LogP contribution in [0.5, 0.6) is 0 Å². The molecule has 6 nitrogen and oxygen atoms in total. The second-order valence-corrected chi connectivity index (χ2v) is 8.30. The fourth-order valence-corrected chi connectivity index (χ4v) is 3.35. The number of nitrogens with zero attached hydrogens (tertiary/aromatic N) is 2. The van der Waals surface area contributed by atoms with E-state index in [1.54, 1.807) is 18.2 Å². The molecule has 0 aliphatic rings. The number of benzene rings is 2. The number of aryl methyl sites for hydroxylation is 2. The first-order valence-electron chi connectivity index (χ1n) is 10.5. The van der Waals surface area contributed by atoms with Gasteiger partial charge < -0.3 is 10.1 Å². The molecule has 1 heterocycles. The van der Waals surface area contributed by atoms with Gasteiger partial charge in [0.15, 0.2) is 6.61 Å². The van der Waals surface area contributed by atoms with Crippen molar-refractivity contribution >= 4 is 22.9 Å². The monoisotopic (exact) mass is 419 g/mol. The van der Waals surface area contributed by atoms with Gasteiger partial charge in [-0.05, 0) is 62.4 Å². The lowest BCUT2D eigenvalue weighted by atomic mass is 10.00. The predicted octanol–water partition coefficient (Wildman–Crippen LogP) is 4.48. The van der Waals surface area contributed by atoms with E-state index in [1.165, 1.54) is 5.56 Å². The van der Waals surface area contributed by atoms with Gasteiger partial charge in [0, 0.05) is 0 Å². The Bertz CT molecular complexity index is 1090. The zero-order valence-corrected chi connectivity index (χ0v) is 18.7. The highest BCUT2D eigenvalue weighted by atomic mass is 16.5. The number of aromatic nitrogens is 2. The van der Waals surface area contributed by atoms with Crippen molar-refractivity contribution in [3.63, 3.8) is 0 Å². The molecule has 0 saturated carbocycles. The molecule has 3 rings (SSSR count). The Morgan fingerprint density at radius 3 is 2.23 bits per heavy atom. The summed E-state index contributed by atoms with van der Waals surface area (Å²) >= 11 is 0. The summed E-state index contributed by atoms with van der Waals surface area (Å²) in [6.07, 6.45) is 1.02. The third-order valence-electron chi connectivity index (χ3n) is 5.15. The van der Waals surface area contributed by atoms with Crippen molar-refractivity contribution in [1.29, 1.82) is 0 Å². The Morgan fingerprint density at radius 1 is 0.935 bits per heavy atom. The maximum atomic E-state index is 12.4. The van der Waals surface area contributed by atoms with E-state index in [1.807, 2.05) is 32.9 Å². The lowest BCUT2D eigenvalue weighted by Crippen LogP contribution is -2.31. The van der Waals surface area contributed by atoms with Crippen LogP contribution in [0.1, 0.15) is 59.7 Å². The SMILES string of the molecule is Cc1nc2ccc(C(=O)OCC(=O)N[C@@H](C)c3ccc(CC(C)C)cc3)cc2nc1C. The smallest absolute Gasteiger partial charge is 0.338 e. The average molecular weight is 420 g/mol. The van der Waals surface area contributed by atoms with Gasteiger partial charge in [0.25, 0.3) is 5.91 Å². The van der Waals surface area contributed by atoms with Crippen LogP contribution in [0.15, 0.2) is 42.5 Å². The lowest BCUT2D eigenvalue weighted by Gasteiger charge is -2.15. The van der Waals surface area contributed by atoms with E-state index in [9.17, 15) is 9.59 Å². The van der Waals surface area contributed by atoms with Crippen molar-refractivity contribution < 1.29 is 14.3 Å². The molecule has 1 amide bonds. The Labute approximate surface area is 183 Å². The van der Waals surface area contributed by atoms with E-state index >= 15 is 0 Å². The normalized spacial score (nSPS) is 12.1. The van der Waals surface area contributed by atoms with Crippen LogP contribution in [0.4, 0.5) is 0 Å². The third kappa shape index (κ3) is 5.87. The molecule has 31 heavy (non-hydrogen) atoms. The largest absolute Gasteiger partial charge is 0.452 e. The van der Waals surface area contributed by atoms with Crippen molar-refractivity contribution in [2.24, 2.45) is 5.92 Å². The Balaban J connectivity index is 1.55. The Hall–Kier alpha value is -3.28. The van der Waals surface area contributed by atoms with Crippen LogP contribution in [0, 0.1) is 19.8 Å². The minimum absolute atomic E-state index is 0.179. The van der Waals surface area contributed by atoms with E-state index in [0.717, 1.165) is 23.4 Å². The molecule has 0 unspecified atom stereocenters. The zero-order chi connectivity index (χ0) is 22.5. The molecule has 1 atom stereocenters. The molecule has 0 radical (unpaired) electrons. The molecule has 162 valence electrons. The molecule has 6 heteroatoms. The van der Waals surface area contributed by atoms with Gasteiger partial charge in [-0.2, -0.15) is 0 Å². The number of hydrogen-bond donors (Lipinski definition) is 1. The van der Waals surface area contributed by atoms with Crippen LogP contribution in [0.2, 0.25) is 0 Å². The number of carbonyl (C=O) groups excluding carboxylic acids is 2. The number of carbonyl (C=O) groups is 2. The molecule has 3 aromatic rings. The molecule has 0 spiro atoms. The molecule has 1 aromatic heterocycles. The summed E-state index contributed by atoms with van der Waals surface area (Å²) in [5.74, 6) is -0.317. The number of nitrogens with one attached hydrogen (secondary N) is 1. The number of rotatable bonds is 7. The number of ether oxygens (including phenoxy) is 1. The van der Waals surface area contributed by atoms with E-state index < -0.39 is 5.97 Å². The number of amides is 1. The van der Waals surface area contributed by atoms with E-state index in [4.69, 9.17) is 4.74 Å². The van der Waals surface area contributed by atoms with Crippen LogP contribution in [-0.4, -0.2) is 28.5 Å². The molecule has 0 bridgehead atoms. The number of fused-ring (bicyclic) bond motifs is 1. The summed E-state index contributed by atoms with van der Waals surface area (Å²) in [7, 11) is 0. The molecule has 0 aliphatic heterocycles. The summed E-state index contributed by atoms with van der Waals surface area (Å²) in [5, 5.41) is 2.87. The second-order valence-electron chi connectivity index (χ2n) is 8.30. The van der Waals surface area contributed by atoms with Gasteiger partial charge >= 0.3 is 5.97 Å². The first-order chi connectivity index (χ1) is 14.7. The Morgan fingerprint density at radius 2 is 1.58 bits per heavy atom. The fraction of sp³-hybridized carbons (Fsp3) is 0.360. The van der Waals surface area contributed by atoms with E-state index in [0.29, 0.717) is 22.5 Å². The average Bonchev–Trinajstić information content (AvgIpc) is 2.72. The van der Waals surface area contributed by atoms with Gasteiger partial charge in [-0.3, -0.25) is 4.79 Å². The summed E-state index contributed by atoms with van der Waals surface area (Å²) < 4.78 is 5.19. The minimum atomic E-state index is -0.567. The van der Waals surface area contributed by atoms with Gasteiger partial charge in [0.1, 0.15) is 0 Å². The van der Waals surface area contributed by atoms with Crippen molar-refractivity contribution in [3.8, 4) is 0 Å². The van der Waals surface area contributed by atoms with Crippen LogP contribution in [0.3, 0.4) is 0 Å². The molecule has 0 saturated heterocycles. The zero-order valence-electron chi connectivity index (χ0n) is 18.7. The van der Waals surface area contributed by atoms with Gasteiger partial charge in [0.05, 0.1) is 34.0 Å². The number of esters is 1. The number of hydrogen-bond acceptors (Lipinski definition) is 5. The van der Waals surface area contributed by atoms with Crippen LogP contribution >= 0.6 is 0 Å². The highest BCUT2D eigenvalue weighted by Crippen LogP contribution is 2.17. The molecule has 1 N–H and O–H groups in total. The maximum absolute atomic E-state index is 12.4. The van der Waals surface area contributed by atoms with Gasteiger partial charge in [-0.25, -0.2) is 14.8 Å². The van der Waals surface area contributed by atoms with Crippen molar-refractivity contribution in [2.75, 3.05) is 6.61 Å². The first kappa shape index (κ1) is 22.4. The molecule has 0 aliphatic carbocycles. The van der Waals surface area contributed by atoms with Crippen LogP contribution < -0.4 is 5.32 Å². The van der Waals surface area contributed by atoms with Crippen LogP contribution in [0.25, 0.3) is 11.0 Å². The Kier molecular flexibility index (Phi) is 7.00. The summed E-state index contributed by atoms with van der Waals surface area (Å²) in [6.45, 7) is 9.70. The molecular weight excluding hydrogens is 390 g/mol. The molecular formula is C25H29N3O3. The summed E-state index contributed by atoms with van der Waals surface area (Å²) in [5.41, 5.74) is 5.61. The van der Waals surface area contributed by atoms with Gasteiger partial charge in [-0.15, -0.1) is 0 Å².